The van der Waals surface area contributed by atoms with Crippen molar-refractivity contribution in [2.45, 2.75) is 356 Å². The first-order valence-corrected chi connectivity index (χ1v) is 38.7. The molecule has 17 nitrogen and oxygen atoms in total. The van der Waals surface area contributed by atoms with E-state index in [9.17, 15) is 43.2 Å². The molecule has 19 heteroatoms. The van der Waals surface area contributed by atoms with E-state index < -0.39 is 97.5 Å². The van der Waals surface area contributed by atoms with E-state index in [1.807, 2.05) is 0 Å². The Morgan fingerprint density at radius 2 is 0.545 bits per heavy atom. The molecule has 0 spiro atoms. The lowest BCUT2D eigenvalue weighted by Gasteiger charge is -2.21. The van der Waals surface area contributed by atoms with Gasteiger partial charge in [-0.15, -0.1) is 0 Å². The molecule has 0 aromatic rings. The van der Waals surface area contributed by atoms with Crippen molar-refractivity contribution in [3.63, 3.8) is 0 Å². The van der Waals surface area contributed by atoms with E-state index in [1.54, 1.807) is 0 Å². The third-order valence-corrected chi connectivity index (χ3v) is 18.1. The molecule has 6 atom stereocenters. The number of hydrogen-bond donors (Lipinski definition) is 3. The Bertz CT molecular complexity index is 1750. The maximum absolute atomic E-state index is 13.0. The van der Waals surface area contributed by atoms with Crippen molar-refractivity contribution < 1.29 is 80.2 Å². The molecule has 0 aromatic heterocycles. The molecule has 0 saturated heterocycles. The molecule has 0 rings (SSSR count). The number of aliphatic hydroxyl groups excluding tert-OH is 1. The minimum atomic E-state index is -4.95. The largest absolute Gasteiger partial charge is 0.472 e. The molecule has 0 aromatic carbocycles. The molecule has 0 radical (unpaired) electrons. The van der Waals surface area contributed by atoms with E-state index in [4.69, 9.17) is 37.0 Å². The molecule has 0 heterocycles. The van der Waals surface area contributed by atoms with Gasteiger partial charge in [-0.25, -0.2) is 9.13 Å². The summed E-state index contributed by atoms with van der Waals surface area (Å²) in [7, 11) is -9.90. The van der Waals surface area contributed by atoms with E-state index in [0.29, 0.717) is 25.7 Å². The molecule has 0 saturated carbocycles. The summed E-state index contributed by atoms with van der Waals surface area (Å²) >= 11 is 0. The minimum absolute atomic E-state index is 0.103. The molecule has 0 bridgehead atoms. The molecule has 0 aliphatic rings. The van der Waals surface area contributed by atoms with E-state index in [1.165, 1.54) is 135 Å². The van der Waals surface area contributed by atoms with Gasteiger partial charge in [0.1, 0.15) is 19.3 Å². The third-order valence-electron chi connectivity index (χ3n) is 16.2. The Morgan fingerprint density at radius 3 is 0.807 bits per heavy atom. The first kappa shape index (κ1) is 86.1. The predicted octanol–water partition coefficient (Wildman–Crippen LogP) is 19.3. The summed E-state index contributed by atoms with van der Waals surface area (Å²) in [5, 5.41) is 10.6. The summed E-state index contributed by atoms with van der Waals surface area (Å²) in [6, 6.07) is 0. The molecular weight excluding hydrogens is 1160 g/mol. The fraction of sp³-hybridized carbons (Fsp3) is 0.942. The van der Waals surface area contributed by atoms with Gasteiger partial charge in [0.2, 0.25) is 0 Å². The van der Waals surface area contributed by atoms with Crippen LogP contribution in [0.5, 0.6) is 0 Å². The third kappa shape index (κ3) is 61.6. The van der Waals surface area contributed by atoms with Crippen LogP contribution in [0.25, 0.3) is 0 Å². The van der Waals surface area contributed by atoms with Crippen molar-refractivity contribution in [1.29, 1.82) is 0 Å². The summed E-state index contributed by atoms with van der Waals surface area (Å²) in [6.45, 7) is 14.0. The number of aliphatic hydroxyl groups is 1. The number of carbonyl (C=O) groups is 4. The molecule has 3 N–H and O–H groups in total. The zero-order valence-electron chi connectivity index (χ0n) is 57.3. The Morgan fingerprint density at radius 1 is 0.318 bits per heavy atom. The van der Waals surface area contributed by atoms with Gasteiger partial charge in [0.15, 0.2) is 12.2 Å². The Hall–Kier alpha value is -1.94. The quantitative estimate of drug-likeness (QED) is 0.0222. The van der Waals surface area contributed by atoms with E-state index in [2.05, 4.69) is 55.4 Å². The normalized spacial score (nSPS) is 14.6. The second kappa shape index (κ2) is 58.8. The number of phosphoric ester groups is 2. The number of carbonyl (C=O) groups excluding carboxylic acids is 4. The number of phosphoric acid groups is 2. The van der Waals surface area contributed by atoms with Gasteiger partial charge >= 0.3 is 39.5 Å². The lowest BCUT2D eigenvalue weighted by molar-refractivity contribution is -0.161. The summed E-state index contributed by atoms with van der Waals surface area (Å²) in [5.74, 6) is 0.829. The summed E-state index contributed by atoms with van der Waals surface area (Å²) < 4.78 is 68.2. The van der Waals surface area contributed by atoms with Gasteiger partial charge < -0.3 is 33.8 Å². The highest BCUT2D eigenvalue weighted by Gasteiger charge is 2.30. The Kier molecular flexibility index (Phi) is 57.6. The van der Waals surface area contributed by atoms with Crippen molar-refractivity contribution in [3.05, 3.63) is 0 Å². The zero-order chi connectivity index (χ0) is 65.4. The van der Waals surface area contributed by atoms with Crippen molar-refractivity contribution in [1.82, 2.24) is 0 Å². The number of rotatable bonds is 66. The average Bonchev–Trinajstić information content (AvgIpc) is 3.56. The van der Waals surface area contributed by atoms with E-state index in [0.717, 1.165) is 120 Å². The Labute approximate surface area is 537 Å². The van der Waals surface area contributed by atoms with Crippen molar-refractivity contribution in [2.75, 3.05) is 39.6 Å². The van der Waals surface area contributed by atoms with Crippen molar-refractivity contribution in [2.24, 2.45) is 23.7 Å². The van der Waals surface area contributed by atoms with Gasteiger partial charge in [-0.05, 0) is 49.4 Å². The standard InChI is InChI=1S/C69H134O17P2/c1-9-62(8)48-40-32-27-28-34-42-50-67(72)80-56-65(86-69(74)52-44-36-26-20-18-23-31-39-47-61(6)7)58-84-88(77,78)82-54-63(70)53-81-87(75,76)83-57-64(55-79-66(71)49-41-33-24-19-17-22-30-38-46-60(4)5)85-68(73)51-43-35-25-16-14-12-10-11-13-15-21-29-37-45-59(2)3/h59-65,70H,9-58H2,1-8H3,(H,75,76)(H,77,78)/t62?,63-,64-,65-/m1/s1. The fourth-order valence-electron chi connectivity index (χ4n) is 10.3. The van der Waals surface area contributed by atoms with Crippen LogP contribution in [-0.4, -0.2) is 96.7 Å². The van der Waals surface area contributed by atoms with Crippen LogP contribution in [0.3, 0.4) is 0 Å². The van der Waals surface area contributed by atoms with Crippen LogP contribution < -0.4 is 0 Å². The number of unbranched alkanes of at least 4 members (excludes halogenated alkanes) is 31. The second-order valence-corrected chi connectivity index (χ2v) is 29.5. The predicted molar refractivity (Wildman–Crippen MR) is 354 cm³/mol. The van der Waals surface area contributed by atoms with Crippen molar-refractivity contribution >= 4 is 39.5 Å². The monoisotopic (exact) mass is 1300 g/mol. The van der Waals surface area contributed by atoms with E-state index in [-0.39, 0.29) is 25.7 Å². The SMILES string of the molecule is CCC(C)CCCCCCCCC(=O)OC[C@H](COP(=O)(O)OC[C@H](O)COP(=O)(O)OC[C@@H](COC(=O)CCCCCCCCCCC(C)C)OC(=O)CCCCCCCCCCCCCCCC(C)C)OC(=O)CCCCCCCCCCC(C)C. The highest BCUT2D eigenvalue weighted by atomic mass is 31.2. The van der Waals surface area contributed by atoms with Gasteiger partial charge in [-0.1, -0.05) is 287 Å². The molecule has 0 fully saturated rings. The van der Waals surface area contributed by atoms with Gasteiger partial charge in [0.05, 0.1) is 26.4 Å². The zero-order valence-corrected chi connectivity index (χ0v) is 59.1. The summed E-state index contributed by atoms with van der Waals surface area (Å²) in [5.41, 5.74) is 0. The Balaban J connectivity index is 5.25. The van der Waals surface area contributed by atoms with Crippen LogP contribution in [0, 0.1) is 23.7 Å². The number of ether oxygens (including phenoxy) is 4. The summed E-state index contributed by atoms with van der Waals surface area (Å²) in [6.07, 6.45) is 40.4. The van der Waals surface area contributed by atoms with Crippen LogP contribution >= 0.6 is 15.6 Å². The fourth-order valence-corrected chi connectivity index (χ4v) is 11.9. The second-order valence-electron chi connectivity index (χ2n) is 26.6. The van der Waals surface area contributed by atoms with E-state index >= 15 is 0 Å². The van der Waals surface area contributed by atoms with Crippen LogP contribution in [0.1, 0.15) is 338 Å². The maximum Gasteiger partial charge on any atom is 0.472 e. The first-order valence-electron chi connectivity index (χ1n) is 35.7. The average molecular weight is 1300 g/mol. The van der Waals surface area contributed by atoms with Crippen LogP contribution in [0.15, 0.2) is 0 Å². The van der Waals surface area contributed by atoms with Crippen molar-refractivity contribution in [3.8, 4) is 0 Å². The minimum Gasteiger partial charge on any atom is -0.462 e. The van der Waals surface area contributed by atoms with Crippen LogP contribution in [0.4, 0.5) is 0 Å². The lowest BCUT2D eigenvalue weighted by atomic mass is 10.00. The topological polar surface area (TPSA) is 237 Å². The van der Waals surface area contributed by atoms with Gasteiger partial charge in [0.25, 0.3) is 0 Å². The smallest absolute Gasteiger partial charge is 0.462 e. The molecular formula is C69H134O17P2. The molecule has 88 heavy (non-hydrogen) atoms. The number of esters is 4. The van der Waals surface area contributed by atoms with Gasteiger partial charge in [-0.2, -0.15) is 0 Å². The molecule has 0 aliphatic carbocycles. The number of hydrogen-bond acceptors (Lipinski definition) is 15. The van der Waals surface area contributed by atoms with Crippen LogP contribution in [0.2, 0.25) is 0 Å². The molecule has 522 valence electrons. The maximum atomic E-state index is 13.0. The lowest BCUT2D eigenvalue weighted by Crippen LogP contribution is -2.30. The summed E-state index contributed by atoms with van der Waals surface area (Å²) in [4.78, 5) is 72.5. The molecule has 0 aliphatic heterocycles. The van der Waals surface area contributed by atoms with Crippen LogP contribution in [-0.2, 0) is 65.4 Å². The molecule has 0 amide bonds. The van der Waals surface area contributed by atoms with Gasteiger partial charge in [0, 0.05) is 25.7 Å². The molecule has 3 unspecified atom stereocenters. The first-order chi connectivity index (χ1) is 42.1. The van der Waals surface area contributed by atoms with Gasteiger partial charge in [-0.3, -0.25) is 37.3 Å². The highest BCUT2D eigenvalue weighted by Crippen LogP contribution is 2.45. The highest BCUT2D eigenvalue weighted by molar-refractivity contribution is 7.47.